The fraction of sp³-hybridized carbons (Fsp3) is 0.333. The van der Waals surface area contributed by atoms with Crippen molar-refractivity contribution in [1.82, 2.24) is 9.29 Å². The minimum absolute atomic E-state index is 0.0982. The number of benzene rings is 1. The molecule has 0 spiro atoms. The smallest absolute Gasteiger partial charge is 0.406 e. The van der Waals surface area contributed by atoms with Gasteiger partial charge in [-0.3, -0.25) is 4.79 Å². The molecular formula is C18H20N4O6S. The molecule has 0 saturated carbocycles. The van der Waals surface area contributed by atoms with Crippen molar-refractivity contribution < 1.29 is 22.9 Å². The SMILES string of the molecule is O=C(COc1cccnc1[N+](=O)[O-])Nc1cccc(S(=O)(=O)N2CCCCC2)c1. The number of hydrogen-bond donors (Lipinski definition) is 1. The average Bonchev–Trinajstić information content (AvgIpc) is 2.73. The van der Waals surface area contributed by atoms with E-state index >= 15 is 0 Å². The molecule has 11 heteroatoms. The van der Waals surface area contributed by atoms with Gasteiger partial charge in [0.15, 0.2) is 6.61 Å². The van der Waals surface area contributed by atoms with Crippen LogP contribution in [-0.4, -0.2) is 48.2 Å². The van der Waals surface area contributed by atoms with Crippen molar-refractivity contribution in [3.8, 4) is 5.75 Å². The van der Waals surface area contributed by atoms with Crippen molar-refractivity contribution in [2.24, 2.45) is 0 Å². The van der Waals surface area contributed by atoms with E-state index < -0.39 is 33.3 Å². The number of nitro groups is 1. The van der Waals surface area contributed by atoms with E-state index in [0.29, 0.717) is 13.1 Å². The lowest BCUT2D eigenvalue weighted by atomic mass is 10.2. The maximum atomic E-state index is 12.8. The molecule has 1 amide bonds. The fourth-order valence-electron chi connectivity index (χ4n) is 2.96. The Labute approximate surface area is 167 Å². The summed E-state index contributed by atoms with van der Waals surface area (Å²) in [4.78, 5) is 26.1. The zero-order valence-electron chi connectivity index (χ0n) is 15.5. The predicted octanol–water partition coefficient (Wildman–Crippen LogP) is 2.18. The first-order valence-corrected chi connectivity index (χ1v) is 10.4. The molecule has 0 bridgehead atoms. The number of carbonyl (C=O) groups excluding carboxylic acids is 1. The van der Waals surface area contributed by atoms with Crippen molar-refractivity contribution in [3.05, 3.63) is 52.7 Å². The number of anilines is 1. The van der Waals surface area contributed by atoms with E-state index in [0.717, 1.165) is 19.3 Å². The van der Waals surface area contributed by atoms with Gasteiger partial charge in [-0.25, -0.2) is 8.42 Å². The van der Waals surface area contributed by atoms with Crippen LogP contribution >= 0.6 is 0 Å². The molecule has 3 rings (SSSR count). The van der Waals surface area contributed by atoms with Crippen LogP contribution in [-0.2, 0) is 14.8 Å². The summed E-state index contributed by atoms with van der Waals surface area (Å²) >= 11 is 0. The molecule has 1 aromatic carbocycles. The molecule has 1 aliphatic rings. The van der Waals surface area contributed by atoms with Gasteiger partial charge in [0.25, 0.3) is 5.91 Å². The normalized spacial score (nSPS) is 14.9. The highest BCUT2D eigenvalue weighted by atomic mass is 32.2. The molecule has 0 atom stereocenters. The largest absolute Gasteiger partial charge is 0.476 e. The van der Waals surface area contributed by atoms with E-state index in [4.69, 9.17) is 4.74 Å². The molecule has 1 saturated heterocycles. The fourth-order valence-corrected chi connectivity index (χ4v) is 4.52. The van der Waals surface area contributed by atoms with Crippen molar-refractivity contribution in [1.29, 1.82) is 0 Å². The minimum Gasteiger partial charge on any atom is -0.476 e. The minimum atomic E-state index is -3.62. The maximum Gasteiger partial charge on any atom is 0.406 e. The van der Waals surface area contributed by atoms with Crippen LogP contribution in [0.15, 0.2) is 47.5 Å². The molecule has 1 aromatic heterocycles. The highest BCUT2D eigenvalue weighted by molar-refractivity contribution is 7.89. The Balaban J connectivity index is 1.66. The van der Waals surface area contributed by atoms with Crippen molar-refractivity contribution in [3.63, 3.8) is 0 Å². The number of hydrogen-bond acceptors (Lipinski definition) is 7. The Morgan fingerprint density at radius 2 is 1.97 bits per heavy atom. The van der Waals surface area contributed by atoms with Crippen LogP contribution in [0.4, 0.5) is 11.5 Å². The second kappa shape index (κ2) is 8.97. The van der Waals surface area contributed by atoms with E-state index in [1.807, 2.05) is 0 Å². The first-order valence-electron chi connectivity index (χ1n) is 9.00. The van der Waals surface area contributed by atoms with E-state index in [1.54, 1.807) is 12.1 Å². The Morgan fingerprint density at radius 3 is 2.69 bits per heavy atom. The highest BCUT2D eigenvalue weighted by Gasteiger charge is 2.26. The van der Waals surface area contributed by atoms with Crippen molar-refractivity contribution >= 4 is 27.4 Å². The quantitative estimate of drug-likeness (QED) is 0.536. The van der Waals surface area contributed by atoms with E-state index in [2.05, 4.69) is 10.3 Å². The number of aromatic nitrogens is 1. The molecule has 1 N–H and O–H groups in total. The zero-order chi connectivity index (χ0) is 20.9. The number of rotatable bonds is 7. The maximum absolute atomic E-state index is 12.8. The van der Waals surface area contributed by atoms with Gasteiger partial charge in [0.05, 0.1) is 4.90 Å². The number of carbonyl (C=O) groups is 1. The third-order valence-electron chi connectivity index (χ3n) is 4.35. The summed E-state index contributed by atoms with van der Waals surface area (Å²) in [6.45, 7) is 0.475. The van der Waals surface area contributed by atoms with Crippen LogP contribution in [0.3, 0.4) is 0 Å². The highest BCUT2D eigenvalue weighted by Crippen LogP contribution is 2.24. The summed E-state index contributed by atoms with van der Waals surface area (Å²) in [6.07, 6.45) is 3.91. The number of pyridine rings is 1. The third kappa shape index (κ3) is 5.06. The van der Waals surface area contributed by atoms with Gasteiger partial charge in [0.1, 0.15) is 6.20 Å². The topological polar surface area (TPSA) is 132 Å². The van der Waals surface area contributed by atoms with Gasteiger partial charge < -0.3 is 20.2 Å². The number of nitrogens with one attached hydrogen (secondary N) is 1. The van der Waals surface area contributed by atoms with Crippen LogP contribution in [0, 0.1) is 10.1 Å². The van der Waals surface area contributed by atoms with Gasteiger partial charge in [0.2, 0.25) is 15.8 Å². The summed E-state index contributed by atoms with van der Waals surface area (Å²) < 4.78 is 32.1. The number of nitrogens with zero attached hydrogens (tertiary/aromatic N) is 3. The van der Waals surface area contributed by atoms with Gasteiger partial charge >= 0.3 is 5.82 Å². The third-order valence-corrected chi connectivity index (χ3v) is 6.25. The summed E-state index contributed by atoms with van der Waals surface area (Å²) in [5.74, 6) is -1.21. The Hall–Kier alpha value is -3.05. The molecule has 10 nitrogen and oxygen atoms in total. The second-order valence-corrected chi connectivity index (χ2v) is 8.35. The first kappa shape index (κ1) is 20.7. The number of ether oxygens (including phenoxy) is 1. The van der Waals surface area contributed by atoms with Gasteiger partial charge in [-0.15, -0.1) is 0 Å². The monoisotopic (exact) mass is 420 g/mol. The molecular weight excluding hydrogens is 400 g/mol. The van der Waals surface area contributed by atoms with Gasteiger partial charge in [-0.2, -0.15) is 4.31 Å². The standard InChI is InChI=1S/C18H20N4O6S/c23-17(13-28-16-8-5-9-19-18(16)22(24)25)20-14-6-4-7-15(12-14)29(26,27)21-10-2-1-3-11-21/h4-9,12H,1-3,10-11,13H2,(H,20,23). The Bertz CT molecular complexity index is 1000. The Kier molecular flexibility index (Phi) is 6.39. The summed E-state index contributed by atoms with van der Waals surface area (Å²) in [5.41, 5.74) is 0.289. The lowest BCUT2D eigenvalue weighted by Crippen LogP contribution is -2.35. The molecule has 1 aliphatic heterocycles. The van der Waals surface area contributed by atoms with Crippen LogP contribution in [0.1, 0.15) is 19.3 Å². The van der Waals surface area contributed by atoms with E-state index in [9.17, 15) is 23.3 Å². The molecule has 2 aromatic rings. The first-order chi connectivity index (χ1) is 13.9. The van der Waals surface area contributed by atoms with Gasteiger partial charge in [0, 0.05) is 18.8 Å². The van der Waals surface area contributed by atoms with Crippen LogP contribution in [0.25, 0.3) is 0 Å². The molecule has 29 heavy (non-hydrogen) atoms. The van der Waals surface area contributed by atoms with Crippen LogP contribution < -0.4 is 10.1 Å². The number of amides is 1. The summed E-state index contributed by atoms with van der Waals surface area (Å²) in [7, 11) is -3.62. The van der Waals surface area contributed by atoms with Crippen molar-refractivity contribution in [2.45, 2.75) is 24.2 Å². The van der Waals surface area contributed by atoms with Crippen LogP contribution in [0.5, 0.6) is 5.75 Å². The molecule has 0 aliphatic carbocycles. The molecule has 0 radical (unpaired) electrons. The van der Waals surface area contributed by atoms with Crippen LogP contribution in [0.2, 0.25) is 0 Å². The molecule has 2 heterocycles. The molecule has 0 unspecified atom stereocenters. The molecule has 1 fully saturated rings. The van der Waals surface area contributed by atoms with E-state index in [-0.39, 0.29) is 16.3 Å². The van der Waals surface area contributed by atoms with Gasteiger partial charge in [-0.05, 0) is 53.1 Å². The van der Waals surface area contributed by atoms with E-state index in [1.165, 1.54) is 34.8 Å². The zero-order valence-corrected chi connectivity index (χ0v) is 16.3. The summed E-state index contributed by atoms with van der Waals surface area (Å²) in [5, 5.41) is 13.5. The second-order valence-electron chi connectivity index (χ2n) is 6.41. The predicted molar refractivity (Wildman–Crippen MR) is 104 cm³/mol. The van der Waals surface area contributed by atoms with Gasteiger partial charge in [-0.1, -0.05) is 12.5 Å². The molecule has 154 valence electrons. The Morgan fingerprint density at radius 1 is 1.21 bits per heavy atom. The number of sulfonamides is 1. The number of piperidine rings is 1. The summed E-state index contributed by atoms with van der Waals surface area (Å²) in [6, 6.07) is 8.75. The lowest BCUT2D eigenvalue weighted by molar-refractivity contribution is -0.390. The lowest BCUT2D eigenvalue weighted by Gasteiger charge is -2.26. The van der Waals surface area contributed by atoms with Crippen molar-refractivity contribution in [2.75, 3.05) is 25.0 Å². The average molecular weight is 420 g/mol.